The van der Waals surface area contributed by atoms with Crippen molar-refractivity contribution in [2.24, 2.45) is 10.7 Å². The number of hydrogen-bond donors (Lipinski definition) is 2. The van der Waals surface area contributed by atoms with Gasteiger partial charge in [-0.15, -0.1) is 0 Å². The number of imidazole rings is 1. The molecule has 0 amide bonds. The van der Waals surface area contributed by atoms with Crippen LogP contribution in [0.15, 0.2) is 47.7 Å². The fourth-order valence-electron chi connectivity index (χ4n) is 3.05. The minimum absolute atomic E-state index is 0.0103. The molecule has 1 aliphatic rings. The molecule has 0 spiro atoms. The largest absolute Gasteiger partial charge is 0.494 e. The normalized spacial score (nSPS) is 20.0. The number of aryl methyl sites for hydroxylation is 2. The third-order valence-corrected chi connectivity index (χ3v) is 4.70. The summed E-state index contributed by atoms with van der Waals surface area (Å²) in [5.74, 6) is 1.25. The van der Waals surface area contributed by atoms with Crippen LogP contribution in [-0.4, -0.2) is 28.5 Å². The Morgan fingerprint density at radius 3 is 2.80 bits per heavy atom. The quantitative estimate of drug-likeness (QED) is 0.436. The van der Waals surface area contributed by atoms with Gasteiger partial charge in [0.25, 0.3) is 0 Å². The predicted molar refractivity (Wildman–Crippen MR) is 99.4 cm³/mol. The maximum Gasteiger partial charge on any atom is 0.144 e. The van der Waals surface area contributed by atoms with Crippen LogP contribution in [0, 0.1) is 13.8 Å². The maximum atomic E-state index is 6.23. The molecule has 2 unspecified atom stereocenters. The predicted octanol–water partition coefficient (Wildman–Crippen LogP) is 2.82. The number of aliphatic imine (C=N–C) groups is 1. The molecule has 1 saturated heterocycles. The summed E-state index contributed by atoms with van der Waals surface area (Å²) in [5, 5.41) is 3.38. The molecule has 1 aliphatic heterocycles. The molecule has 0 radical (unpaired) electrons. The van der Waals surface area contributed by atoms with Gasteiger partial charge in [-0.3, -0.25) is 5.32 Å². The van der Waals surface area contributed by atoms with Crippen molar-refractivity contribution >= 4 is 22.6 Å². The van der Waals surface area contributed by atoms with Crippen molar-refractivity contribution < 1.29 is 4.74 Å². The van der Waals surface area contributed by atoms with Gasteiger partial charge in [-0.1, -0.05) is 12.1 Å². The first-order chi connectivity index (χ1) is 12.1. The van der Waals surface area contributed by atoms with Crippen LogP contribution in [-0.2, 0) is 0 Å². The van der Waals surface area contributed by atoms with Crippen molar-refractivity contribution in [1.82, 2.24) is 14.9 Å². The molecular weight excluding hydrogens is 314 g/mol. The molecule has 4 rings (SSSR count). The average molecular weight is 335 g/mol. The summed E-state index contributed by atoms with van der Waals surface area (Å²) >= 11 is 0. The van der Waals surface area contributed by atoms with Crippen molar-refractivity contribution in [2.75, 3.05) is 7.11 Å². The van der Waals surface area contributed by atoms with E-state index in [1.165, 1.54) is 11.1 Å². The van der Waals surface area contributed by atoms with Gasteiger partial charge < -0.3 is 15.0 Å². The number of benzene rings is 2. The number of ether oxygens (including phenoxy) is 1. The second-order valence-corrected chi connectivity index (χ2v) is 6.37. The van der Waals surface area contributed by atoms with E-state index in [1.807, 2.05) is 30.6 Å². The van der Waals surface area contributed by atoms with Crippen LogP contribution < -0.4 is 15.8 Å². The van der Waals surface area contributed by atoms with Crippen molar-refractivity contribution in [2.45, 2.75) is 26.1 Å². The lowest BCUT2D eigenvalue weighted by molar-refractivity contribution is 0.416. The molecule has 1 aromatic heterocycles. The summed E-state index contributed by atoms with van der Waals surface area (Å²) in [7, 11) is 1.63. The van der Waals surface area contributed by atoms with Crippen LogP contribution in [0.4, 0.5) is 5.69 Å². The van der Waals surface area contributed by atoms with Gasteiger partial charge in [-0.05, 0) is 49.2 Å². The van der Waals surface area contributed by atoms with Gasteiger partial charge >= 0.3 is 0 Å². The van der Waals surface area contributed by atoms with E-state index in [0.717, 1.165) is 16.7 Å². The molecule has 2 aromatic carbocycles. The monoisotopic (exact) mass is 335 g/mol. The molecule has 25 heavy (non-hydrogen) atoms. The molecule has 6 nitrogen and oxygen atoms in total. The number of para-hydroxylation sites is 2. The molecule has 128 valence electrons. The molecule has 1 fully saturated rings. The standard InChI is InChI=1S/C19H21N5O/c1-11-8-14-15(9-12(11)2)24(10-21-14)19-17(23-19)18(20)22-13-6-4-5-7-16(13)25-3/h4-10,17,19,23H,1-3H3,(H2,20,22). The van der Waals surface area contributed by atoms with Crippen LogP contribution in [0.25, 0.3) is 11.0 Å². The van der Waals surface area contributed by atoms with Crippen molar-refractivity contribution in [3.63, 3.8) is 0 Å². The lowest BCUT2D eigenvalue weighted by atomic mass is 10.1. The van der Waals surface area contributed by atoms with Crippen LogP contribution in [0.3, 0.4) is 0 Å². The zero-order chi connectivity index (χ0) is 17.6. The Bertz CT molecular complexity index is 975. The molecule has 2 heterocycles. The molecule has 3 N–H and O–H groups in total. The number of nitrogens with one attached hydrogen (secondary N) is 1. The molecular formula is C19H21N5O. The van der Waals surface area contributed by atoms with Gasteiger partial charge in [0.2, 0.25) is 0 Å². The molecule has 0 saturated carbocycles. The third kappa shape index (κ3) is 2.74. The van der Waals surface area contributed by atoms with Crippen LogP contribution in [0.1, 0.15) is 17.3 Å². The lowest BCUT2D eigenvalue weighted by Gasteiger charge is -2.06. The Morgan fingerprint density at radius 2 is 2.00 bits per heavy atom. The summed E-state index contributed by atoms with van der Waals surface area (Å²) in [4.78, 5) is 9.05. The van der Waals surface area contributed by atoms with Gasteiger partial charge in [0.15, 0.2) is 0 Å². The Kier molecular flexibility index (Phi) is 3.69. The van der Waals surface area contributed by atoms with Gasteiger partial charge in [0.1, 0.15) is 29.5 Å². The third-order valence-electron chi connectivity index (χ3n) is 4.70. The Morgan fingerprint density at radius 1 is 1.24 bits per heavy atom. The van der Waals surface area contributed by atoms with Gasteiger partial charge in [-0.2, -0.15) is 0 Å². The fraction of sp³-hybridized carbons (Fsp3) is 0.263. The Hall–Kier alpha value is -2.86. The van der Waals surface area contributed by atoms with Gasteiger partial charge in [0, 0.05) is 0 Å². The molecule has 0 bridgehead atoms. The average Bonchev–Trinajstić information content (AvgIpc) is 3.31. The highest BCUT2D eigenvalue weighted by molar-refractivity contribution is 5.92. The molecule has 0 aliphatic carbocycles. The van der Waals surface area contributed by atoms with E-state index in [-0.39, 0.29) is 12.2 Å². The maximum absolute atomic E-state index is 6.23. The van der Waals surface area contributed by atoms with Gasteiger partial charge in [-0.25, -0.2) is 9.98 Å². The number of methoxy groups -OCH3 is 1. The number of nitrogens with zero attached hydrogens (tertiary/aromatic N) is 3. The van der Waals surface area contributed by atoms with E-state index in [9.17, 15) is 0 Å². The molecule has 2 atom stereocenters. The van der Waals surface area contributed by atoms with Crippen LogP contribution in [0.2, 0.25) is 0 Å². The van der Waals surface area contributed by atoms with E-state index >= 15 is 0 Å². The van der Waals surface area contributed by atoms with E-state index in [2.05, 4.69) is 45.8 Å². The van der Waals surface area contributed by atoms with E-state index in [0.29, 0.717) is 11.6 Å². The Balaban J connectivity index is 1.62. The summed E-state index contributed by atoms with van der Waals surface area (Å²) in [6.07, 6.45) is 1.93. The van der Waals surface area contributed by atoms with E-state index in [1.54, 1.807) is 7.11 Å². The lowest BCUT2D eigenvalue weighted by Crippen LogP contribution is -2.21. The Labute approximate surface area is 146 Å². The van der Waals surface area contributed by atoms with E-state index in [4.69, 9.17) is 10.5 Å². The molecule has 6 heteroatoms. The highest BCUT2D eigenvalue weighted by Gasteiger charge is 2.41. The minimum atomic E-state index is -0.0103. The van der Waals surface area contributed by atoms with Gasteiger partial charge in [0.05, 0.1) is 24.5 Å². The highest BCUT2D eigenvalue weighted by atomic mass is 16.5. The van der Waals surface area contributed by atoms with E-state index < -0.39 is 0 Å². The summed E-state index contributed by atoms with van der Waals surface area (Å²) in [6, 6.07) is 11.9. The summed E-state index contributed by atoms with van der Waals surface area (Å²) < 4.78 is 7.45. The van der Waals surface area contributed by atoms with Crippen LogP contribution >= 0.6 is 0 Å². The van der Waals surface area contributed by atoms with Crippen LogP contribution in [0.5, 0.6) is 5.75 Å². The fourth-order valence-corrected chi connectivity index (χ4v) is 3.05. The molecule has 3 aromatic rings. The van der Waals surface area contributed by atoms with Crippen molar-refractivity contribution in [3.8, 4) is 5.75 Å². The number of nitrogens with two attached hydrogens (primary N) is 1. The summed E-state index contributed by atoms with van der Waals surface area (Å²) in [5.41, 5.74) is 11.6. The first-order valence-electron chi connectivity index (χ1n) is 8.25. The number of aromatic nitrogens is 2. The van der Waals surface area contributed by atoms with Crippen molar-refractivity contribution in [3.05, 3.63) is 53.9 Å². The number of rotatable bonds is 4. The smallest absolute Gasteiger partial charge is 0.144 e. The minimum Gasteiger partial charge on any atom is -0.494 e. The van der Waals surface area contributed by atoms with Crippen molar-refractivity contribution in [1.29, 1.82) is 0 Å². The zero-order valence-electron chi connectivity index (χ0n) is 14.5. The number of fused-ring (bicyclic) bond motifs is 1. The second-order valence-electron chi connectivity index (χ2n) is 6.37. The first kappa shape index (κ1) is 15.7. The topological polar surface area (TPSA) is 87.4 Å². The second kappa shape index (κ2) is 5.89. The first-order valence-corrected chi connectivity index (χ1v) is 8.25. The SMILES string of the molecule is COc1ccccc1N=C(N)C1NC1n1cnc2cc(C)c(C)cc21. The number of amidine groups is 1. The summed E-state index contributed by atoms with van der Waals surface area (Å²) in [6.45, 7) is 4.21. The zero-order valence-corrected chi connectivity index (χ0v) is 14.5. The number of hydrogen-bond acceptors (Lipinski definition) is 4. The highest BCUT2D eigenvalue weighted by Crippen LogP contribution is 2.31.